The van der Waals surface area contributed by atoms with Gasteiger partial charge < -0.3 is 0 Å². The van der Waals surface area contributed by atoms with Crippen LogP contribution in [0.4, 0.5) is 5.69 Å². The molecule has 0 amide bonds. The summed E-state index contributed by atoms with van der Waals surface area (Å²) in [7, 11) is 0. The van der Waals surface area contributed by atoms with Crippen LogP contribution < -0.4 is 0 Å². The first-order chi connectivity index (χ1) is 23.3. The van der Waals surface area contributed by atoms with Gasteiger partial charge in [-0.15, -0.1) is 0 Å². The molecule has 216 valence electrons. The van der Waals surface area contributed by atoms with E-state index in [1.807, 2.05) is 12.3 Å². The van der Waals surface area contributed by atoms with Crippen LogP contribution >= 0.6 is 0 Å². The Morgan fingerprint density at radius 1 is 0.447 bits per heavy atom. The maximum atomic E-state index is 7.51. The van der Waals surface area contributed by atoms with Gasteiger partial charge in [-0.1, -0.05) is 127 Å². The van der Waals surface area contributed by atoms with Crippen molar-refractivity contribution < 1.29 is 0 Å². The van der Waals surface area contributed by atoms with Crippen molar-refractivity contribution in [1.29, 1.82) is 0 Å². The average molecular weight is 595 g/mol. The van der Waals surface area contributed by atoms with E-state index in [0.29, 0.717) is 5.69 Å². The molecular weight excluding hydrogens is 569 g/mol. The molecule has 0 aliphatic heterocycles. The smallest absolute Gasteiger partial charge is 0.205 e. The van der Waals surface area contributed by atoms with Gasteiger partial charge in [-0.05, 0) is 107 Å². The van der Waals surface area contributed by atoms with Crippen molar-refractivity contribution in [2.45, 2.75) is 5.41 Å². The highest BCUT2D eigenvalue weighted by molar-refractivity contribution is 6.16. The first-order valence-corrected chi connectivity index (χ1v) is 16.0. The minimum Gasteiger partial charge on any atom is -0.276 e. The van der Waals surface area contributed by atoms with Gasteiger partial charge in [-0.3, -0.25) is 4.98 Å². The lowest BCUT2D eigenvalue weighted by atomic mass is 9.70. The van der Waals surface area contributed by atoms with Gasteiger partial charge in [0.15, 0.2) is 0 Å². The normalized spacial score (nSPS) is 13.3. The van der Waals surface area contributed by atoms with Crippen LogP contribution in [0.1, 0.15) is 22.3 Å². The molecule has 0 N–H and O–H groups in total. The summed E-state index contributed by atoms with van der Waals surface area (Å²) in [6.07, 6.45) is 3.46. The van der Waals surface area contributed by atoms with Crippen LogP contribution in [0.5, 0.6) is 0 Å². The number of fused-ring (bicyclic) bond motifs is 14. The Hall–Kier alpha value is -6.30. The topological polar surface area (TPSA) is 17.2 Å². The van der Waals surface area contributed by atoms with Crippen LogP contribution in [-0.4, -0.2) is 4.98 Å². The second-order valence-electron chi connectivity index (χ2n) is 12.6. The predicted molar refractivity (Wildman–Crippen MR) is 193 cm³/mol. The molecule has 1 spiro atoms. The van der Waals surface area contributed by atoms with Crippen LogP contribution in [0.2, 0.25) is 0 Å². The number of hydrogen-bond acceptors (Lipinski definition) is 1. The first-order valence-electron chi connectivity index (χ1n) is 16.0. The highest BCUT2D eigenvalue weighted by Gasteiger charge is 2.52. The van der Waals surface area contributed by atoms with E-state index in [2.05, 4.69) is 149 Å². The fourth-order valence-corrected chi connectivity index (χ4v) is 8.51. The molecule has 47 heavy (non-hydrogen) atoms. The predicted octanol–water partition coefficient (Wildman–Crippen LogP) is 11.6. The summed E-state index contributed by atoms with van der Waals surface area (Å²) in [4.78, 5) is 7.98. The fraction of sp³-hybridized carbons (Fsp3) is 0.0222. The molecule has 2 aliphatic carbocycles. The van der Waals surface area contributed by atoms with Gasteiger partial charge in [0, 0.05) is 12.4 Å². The van der Waals surface area contributed by atoms with E-state index >= 15 is 0 Å². The van der Waals surface area contributed by atoms with Crippen LogP contribution in [0.25, 0.3) is 70.9 Å². The van der Waals surface area contributed by atoms with E-state index in [1.54, 1.807) is 6.20 Å². The zero-order valence-corrected chi connectivity index (χ0v) is 25.4. The van der Waals surface area contributed by atoms with Crippen LogP contribution in [0.15, 0.2) is 158 Å². The zero-order chi connectivity index (χ0) is 31.1. The maximum Gasteiger partial charge on any atom is 0.205 e. The zero-order valence-electron chi connectivity index (χ0n) is 25.4. The molecule has 0 saturated carbocycles. The highest BCUT2D eigenvalue weighted by Crippen LogP contribution is 2.65. The van der Waals surface area contributed by atoms with Gasteiger partial charge in [0.25, 0.3) is 0 Å². The van der Waals surface area contributed by atoms with Gasteiger partial charge in [-0.25, -0.2) is 4.85 Å². The van der Waals surface area contributed by atoms with E-state index < -0.39 is 5.41 Å². The van der Waals surface area contributed by atoms with Crippen molar-refractivity contribution in [2.75, 3.05) is 0 Å². The first kappa shape index (κ1) is 26.0. The van der Waals surface area contributed by atoms with Gasteiger partial charge >= 0.3 is 0 Å². The lowest BCUT2D eigenvalue weighted by Gasteiger charge is -2.31. The molecule has 0 bridgehead atoms. The minimum atomic E-state index is -0.452. The summed E-state index contributed by atoms with van der Waals surface area (Å²) < 4.78 is 0. The number of aromatic nitrogens is 1. The van der Waals surface area contributed by atoms with Crippen molar-refractivity contribution in [1.82, 2.24) is 4.98 Å². The van der Waals surface area contributed by atoms with Crippen molar-refractivity contribution in [3.63, 3.8) is 0 Å². The van der Waals surface area contributed by atoms with Crippen molar-refractivity contribution in [3.05, 3.63) is 192 Å². The van der Waals surface area contributed by atoms with Gasteiger partial charge in [0.05, 0.1) is 12.0 Å². The molecule has 1 heterocycles. The Labute approximate surface area is 273 Å². The lowest BCUT2D eigenvalue weighted by molar-refractivity contribution is 0.795. The number of hydrogen-bond donors (Lipinski definition) is 0. The van der Waals surface area contributed by atoms with Crippen LogP contribution in [-0.2, 0) is 5.41 Å². The Morgan fingerprint density at radius 3 is 1.89 bits per heavy atom. The molecular formula is C45H26N2. The average Bonchev–Trinajstić information content (AvgIpc) is 3.62. The minimum absolute atomic E-state index is 0.452. The number of rotatable bonds is 2. The molecule has 1 aromatic heterocycles. The van der Waals surface area contributed by atoms with E-state index in [4.69, 9.17) is 6.57 Å². The summed E-state index contributed by atoms with van der Waals surface area (Å²) in [5.41, 5.74) is 15.1. The number of pyridine rings is 1. The summed E-state index contributed by atoms with van der Waals surface area (Å²) in [6.45, 7) is 7.51. The lowest BCUT2D eigenvalue weighted by Crippen LogP contribution is -2.26. The summed E-state index contributed by atoms with van der Waals surface area (Å²) in [6, 6.07) is 53.5. The molecule has 0 unspecified atom stereocenters. The maximum absolute atomic E-state index is 7.51. The standard InChI is InChI=1S/C45H26N2/c1-46-32-24-31(26-47-27-32)29-12-10-13-30(23-29)38-25-42-44(37-18-5-4-15-34(37)38)43-33-14-3-2-11-28(33)21-22-41(43)45(42)39-19-8-6-16-35(39)36-17-7-9-20-40(36)45/h2-27H. The van der Waals surface area contributed by atoms with Crippen molar-refractivity contribution in [2.24, 2.45) is 0 Å². The van der Waals surface area contributed by atoms with E-state index in [-0.39, 0.29) is 0 Å². The summed E-state index contributed by atoms with van der Waals surface area (Å²) in [5.74, 6) is 0. The molecule has 2 aliphatic rings. The van der Waals surface area contributed by atoms with Crippen molar-refractivity contribution >= 4 is 27.2 Å². The monoisotopic (exact) mass is 594 g/mol. The molecule has 10 rings (SSSR count). The van der Waals surface area contributed by atoms with E-state index in [1.165, 1.54) is 71.6 Å². The molecule has 8 aromatic rings. The van der Waals surface area contributed by atoms with Gasteiger partial charge in [-0.2, -0.15) is 0 Å². The number of benzene rings is 7. The SMILES string of the molecule is [C-]#[N+]c1cncc(-c2cccc(-c3cc4c(c5ccccc35)-c3c(ccc5ccccc35)C43c4ccccc4-c4ccccc43)c2)c1. The third-order valence-electron chi connectivity index (χ3n) is 10.3. The third kappa shape index (κ3) is 3.41. The molecule has 0 atom stereocenters. The van der Waals surface area contributed by atoms with E-state index in [0.717, 1.165) is 16.7 Å². The van der Waals surface area contributed by atoms with Crippen LogP contribution in [0.3, 0.4) is 0 Å². The molecule has 0 saturated heterocycles. The van der Waals surface area contributed by atoms with Gasteiger partial charge in [0.1, 0.15) is 0 Å². The third-order valence-corrected chi connectivity index (χ3v) is 10.3. The van der Waals surface area contributed by atoms with Gasteiger partial charge in [0.2, 0.25) is 5.69 Å². The second kappa shape index (κ2) is 9.60. The fourth-order valence-electron chi connectivity index (χ4n) is 8.51. The Morgan fingerprint density at radius 2 is 1.11 bits per heavy atom. The number of nitrogens with zero attached hydrogens (tertiary/aromatic N) is 2. The Balaban J connectivity index is 1.36. The molecule has 2 heteroatoms. The molecule has 0 radical (unpaired) electrons. The van der Waals surface area contributed by atoms with Crippen LogP contribution in [0, 0.1) is 6.57 Å². The van der Waals surface area contributed by atoms with Crippen molar-refractivity contribution in [3.8, 4) is 44.5 Å². The summed E-state index contributed by atoms with van der Waals surface area (Å²) >= 11 is 0. The summed E-state index contributed by atoms with van der Waals surface area (Å²) in [5, 5.41) is 5.03. The Kier molecular flexibility index (Phi) is 5.30. The highest BCUT2D eigenvalue weighted by atomic mass is 14.7. The molecule has 2 nitrogen and oxygen atoms in total. The Bertz CT molecular complexity index is 2610. The molecule has 7 aromatic carbocycles. The quantitative estimate of drug-likeness (QED) is 0.182. The second-order valence-corrected chi connectivity index (χ2v) is 12.6. The largest absolute Gasteiger partial charge is 0.276 e. The van der Waals surface area contributed by atoms with E-state index in [9.17, 15) is 0 Å². The molecule has 0 fully saturated rings.